The maximum atomic E-state index is 6.32. The highest BCUT2D eigenvalue weighted by Crippen LogP contribution is 2.46. The maximum absolute atomic E-state index is 6.32. The van der Waals surface area contributed by atoms with E-state index in [1.54, 1.807) is 0 Å². The van der Waals surface area contributed by atoms with Crippen LogP contribution in [0.25, 0.3) is 91.9 Å². The van der Waals surface area contributed by atoms with Gasteiger partial charge in [-0.1, -0.05) is 146 Å². The van der Waals surface area contributed by atoms with E-state index in [9.17, 15) is 0 Å². The predicted molar refractivity (Wildman–Crippen MR) is 247 cm³/mol. The van der Waals surface area contributed by atoms with Crippen molar-refractivity contribution in [3.8, 4) is 27.9 Å². The molecule has 0 fully saturated rings. The molecule has 12 rings (SSSR count). The van der Waals surface area contributed by atoms with Gasteiger partial charge in [0.05, 0.1) is 22.4 Å². The molecule has 3 aromatic heterocycles. The monoisotopic (exact) mass is 758 g/mol. The van der Waals surface area contributed by atoms with Crippen LogP contribution in [-0.4, -0.2) is 4.57 Å². The first-order valence-corrected chi connectivity index (χ1v) is 20.5. The minimum atomic E-state index is 0.877. The van der Waals surface area contributed by atoms with Crippen LogP contribution in [0, 0.1) is 0 Å². The van der Waals surface area contributed by atoms with Crippen molar-refractivity contribution in [2.75, 3.05) is 4.90 Å². The Balaban J connectivity index is 1.13. The van der Waals surface area contributed by atoms with Crippen molar-refractivity contribution in [2.45, 2.75) is 0 Å². The molecule has 12 aromatic rings. The summed E-state index contributed by atoms with van der Waals surface area (Å²) in [4.78, 5) is 2.41. The molecule has 0 radical (unpaired) electrons. The number of aromatic nitrogens is 1. The van der Waals surface area contributed by atoms with E-state index >= 15 is 0 Å². The van der Waals surface area contributed by atoms with Gasteiger partial charge in [-0.05, 0) is 66.2 Å². The van der Waals surface area contributed by atoms with Gasteiger partial charge in [0.2, 0.25) is 0 Å². The molecule has 0 spiro atoms. The highest BCUT2D eigenvalue weighted by molar-refractivity contribution is 7.26. The third-order valence-corrected chi connectivity index (χ3v) is 12.8. The average Bonchev–Trinajstić information content (AvgIpc) is 3.96. The fourth-order valence-corrected chi connectivity index (χ4v) is 10.3. The number of para-hydroxylation sites is 4. The average molecular weight is 759 g/mol. The van der Waals surface area contributed by atoms with Gasteiger partial charge in [-0.3, -0.25) is 0 Å². The Kier molecular flexibility index (Phi) is 7.40. The second kappa shape index (κ2) is 13.1. The van der Waals surface area contributed by atoms with Gasteiger partial charge in [0.1, 0.15) is 11.2 Å². The molecule has 0 aliphatic heterocycles. The van der Waals surface area contributed by atoms with Crippen LogP contribution in [-0.2, 0) is 0 Å². The van der Waals surface area contributed by atoms with Crippen molar-refractivity contribution in [1.82, 2.24) is 4.57 Å². The number of furan rings is 1. The molecular weight excluding hydrogens is 725 g/mol. The molecule has 0 bridgehead atoms. The Bertz CT molecular complexity index is 3540. The van der Waals surface area contributed by atoms with E-state index in [0.29, 0.717) is 0 Å². The van der Waals surface area contributed by atoms with E-state index < -0.39 is 0 Å². The molecule has 3 nitrogen and oxygen atoms in total. The fourth-order valence-electron chi connectivity index (χ4n) is 9.02. The molecule has 3 heterocycles. The first-order chi connectivity index (χ1) is 28.8. The number of hydrogen-bond acceptors (Lipinski definition) is 3. The summed E-state index contributed by atoms with van der Waals surface area (Å²) in [5, 5.41) is 7.24. The van der Waals surface area contributed by atoms with Gasteiger partial charge in [0.15, 0.2) is 0 Å². The normalized spacial score (nSPS) is 11.8. The predicted octanol–water partition coefficient (Wildman–Crippen LogP) is 15.9. The van der Waals surface area contributed by atoms with Gasteiger partial charge < -0.3 is 13.9 Å². The second-order valence-electron chi connectivity index (χ2n) is 14.8. The lowest BCUT2D eigenvalue weighted by Crippen LogP contribution is -2.11. The van der Waals surface area contributed by atoms with Crippen LogP contribution >= 0.6 is 11.3 Å². The molecule has 272 valence electrons. The zero-order chi connectivity index (χ0) is 38.2. The number of thiophene rings is 1. The summed E-state index contributed by atoms with van der Waals surface area (Å²) in [6.07, 6.45) is 0. The summed E-state index contributed by atoms with van der Waals surface area (Å²) in [6.45, 7) is 0. The fraction of sp³-hybridized carbons (Fsp3) is 0. The third-order valence-electron chi connectivity index (χ3n) is 11.6. The van der Waals surface area contributed by atoms with E-state index in [2.05, 4.69) is 204 Å². The standard InChI is InChI=1S/C54H34N2OS/c1-2-15-35(16-3-1)38-17-4-9-24-47(38)55(36-30-32-52-46(33-36)42-20-7-12-27-51(42)57-52)37-29-31-41-39-18-5-10-25-48(39)56(50(41)34-37)49-26-11-6-19-40(49)44-22-14-23-45-43-21-8-13-28-53(43)58-54(44)45/h1-34H. The Hall–Kier alpha value is -7.40. The van der Waals surface area contributed by atoms with Crippen LogP contribution in [0.5, 0.6) is 0 Å². The van der Waals surface area contributed by atoms with Crippen LogP contribution in [0.1, 0.15) is 0 Å². The Morgan fingerprint density at radius 2 is 1.03 bits per heavy atom. The summed E-state index contributed by atoms with van der Waals surface area (Å²) in [7, 11) is 0. The number of hydrogen-bond donors (Lipinski definition) is 0. The van der Waals surface area contributed by atoms with E-state index in [-0.39, 0.29) is 0 Å². The molecule has 0 aliphatic rings. The number of anilines is 3. The summed E-state index contributed by atoms with van der Waals surface area (Å²) in [5.74, 6) is 0. The van der Waals surface area contributed by atoms with Crippen molar-refractivity contribution in [3.05, 3.63) is 206 Å². The second-order valence-corrected chi connectivity index (χ2v) is 15.9. The van der Waals surface area contributed by atoms with Crippen molar-refractivity contribution >= 4 is 92.3 Å². The Labute approximate surface area is 338 Å². The number of rotatable bonds is 6. The van der Waals surface area contributed by atoms with Gasteiger partial charge in [0.25, 0.3) is 0 Å². The largest absolute Gasteiger partial charge is 0.456 e. The molecule has 0 unspecified atom stereocenters. The zero-order valence-corrected chi connectivity index (χ0v) is 32.2. The molecule has 0 atom stereocenters. The number of benzene rings is 9. The van der Waals surface area contributed by atoms with Crippen LogP contribution in [0.15, 0.2) is 211 Å². The molecule has 0 saturated heterocycles. The van der Waals surface area contributed by atoms with Gasteiger partial charge >= 0.3 is 0 Å². The molecule has 0 aliphatic carbocycles. The number of nitrogens with zero attached hydrogens (tertiary/aromatic N) is 2. The Morgan fingerprint density at radius 3 is 1.95 bits per heavy atom. The smallest absolute Gasteiger partial charge is 0.135 e. The summed E-state index contributed by atoms with van der Waals surface area (Å²) in [5.41, 5.74) is 13.2. The van der Waals surface area contributed by atoms with Gasteiger partial charge in [0, 0.05) is 69.8 Å². The van der Waals surface area contributed by atoms with E-state index in [1.165, 1.54) is 47.6 Å². The zero-order valence-electron chi connectivity index (χ0n) is 31.3. The van der Waals surface area contributed by atoms with E-state index in [4.69, 9.17) is 4.42 Å². The lowest BCUT2D eigenvalue weighted by molar-refractivity contribution is 0.669. The maximum Gasteiger partial charge on any atom is 0.135 e. The Morgan fingerprint density at radius 1 is 0.397 bits per heavy atom. The molecule has 0 saturated carbocycles. The highest BCUT2D eigenvalue weighted by Gasteiger charge is 2.22. The SMILES string of the molecule is c1ccc(-c2ccccc2N(c2ccc3oc4ccccc4c3c2)c2ccc3c4ccccc4n(-c4ccccc4-c4cccc5c4sc4ccccc45)c3c2)cc1. The minimum Gasteiger partial charge on any atom is -0.456 e. The van der Waals surface area contributed by atoms with Crippen LogP contribution in [0.2, 0.25) is 0 Å². The third kappa shape index (κ3) is 5.05. The van der Waals surface area contributed by atoms with E-state index in [0.717, 1.165) is 61.3 Å². The van der Waals surface area contributed by atoms with Gasteiger partial charge in [-0.15, -0.1) is 11.3 Å². The van der Waals surface area contributed by atoms with Crippen molar-refractivity contribution in [3.63, 3.8) is 0 Å². The number of fused-ring (bicyclic) bond motifs is 9. The van der Waals surface area contributed by atoms with Crippen LogP contribution < -0.4 is 4.90 Å². The van der Waals surface area contributed by atoms with Gasteiger partial charge in [-0.25, -0.2) is 0 Å². The lowest BCUT2D eigenvalue weighted by Gasteiger charge is -2.28. The topological polar surface area (TPSA) is 21.3 Å². The summed E-state index contributed by atoms with van der Waals surface area (Å²) in [6, 6.07) is 74.5. The van der Waals surface area contributed by atoms with Crippen LogP contribution in [0.3, 0.4) is 0 Å². The first-order valence-electron chi connectivity index (χ1n) is 19.7. The summed E-state index contributed by atoms with van der Waals surface area (Å²) < 4.78 is 11.4. The first kappa shape index (κ1) is 32.8. The van der Waals surface area contributed by atoms with Crippen molar-refractivity contribution in [2.24, 2.45) is 0 Å². The molecule has 9 aromatic carbocycles. The lowest BCUT2D eigenvalue weighted by atomic mass is 10.0. The van der Waals surface area contributed by atoms with Crippen molar-refractivity contribution < 1.29 is 4.42 Å². The van der Waals surface area contributed by atoms with Crippen molar-refractivity contribution in [1.29, 1.82) is 0 Å². The van der Waals surface area contributed by atoms with Gasteiger partial charge in [-0.2, -0.15) is 0 Å². The quantitative estimate of drug-likeness (QED) is 0.168. The molecule has 0 N–H and O–H groups in total. The molecular formula is C54H34N2OS. The van der Waals surface area contributed by atoms with E-state index in [1.807, 2.05) is 23.5 Å². The molecule has 4 heteroatoms. The highest BCUT2D eigenvalue weighted by atomic mass is 32.1. The minimum absolute atomic E-state index is 0.877. The van der Waals surface area contributed by atoms with Crippen LogP contribution in [0.4, 0.5) is 17.1 Å². The molecule has 58 heavy (non-hydrogen) atoms. The molecule has 0 amide bonds. The summed E-state index contributed by atoms with van der Waals surface area (Å²) >= 11 is 1.88.